The highest BCUT2D eigenvalue weighted by Crippen LogP contribution is 2.26. The third-order valence-corrected chi connectivity index (χ3v) is 5.64. The van der Waals surface area contributed by atoms with Crippen LogP contribution in [-0.4, -0.2) is 47.2 Å². The van der Waals surface area contributed by atoms with E-state index >= 15 is 0 Å². The van der Waals surface area contributed by atoms with Crippen molar-refractivity contribution in [3.8, 4) is 0 Å². The van der Waals surface area contributed by atoms with Gasteiger partial charge in [0.1, 0.15) is 0 Å². The average Bonchev–Trinajstić information content (AvgIpc) is 3.22. The van der Waals surface area contributed by atoms with Crippen molar-refractivity contribution in [2.24, 2.45) is 0 Å². The summed E-state index contributed by atoms with van der Waals surface area (Å²) in [6.45, 7) is 3.01. The summed E-state index contributed by atoms with van der Waals surface area (Å²) in [6.07, 6.45) is 7.66. The molecular formula is C18H23N5O2S. The molecule has 26 heavy (non-hydrogen) atoms. The number of nitrogens with one attached hydrogen (secondary N) is 2. The van der Waals surface area contributed by atoms with Gasteiger partial charge in [0.2, 0.25) is 10.0 Å². The Balaban J connectivity index is 1.51. The first-order valence-corrected chi connectivity index (χ1v) is 10.6. The summed E-state index contributed by atoms with van der Waals surface area (Å²) in [6, 6.07) is 8.66. The molecule has 3 heterocycles. The molecule has 2 N–H and O–H groups in total. The Bertz CT molecular complexity index is 1010. The lowest BCUT2D eigenvalue weighted by Crippen LogP contribution is -2.38. The number of aromatic nitrogens is 3. The fourth-order valence-electron chi connectivity index (χ4n) is 3.75. The van der Waals surface area contributed by atoms with Crippen molar-refractivity contribution in [1.29, 1.82) is 0 Å². The van der Waals surface area contributed by atoms with Gasteiger partial charge < -0.3 is 9.55 Å². The topological polar surface area (TPSA) is 83.0 Å². The van der Waals surface area contributed by atoms with Crippen molar-refractivity contribution in [1.82, 2.24) is 24.2 Å². The Morgan fingerprint density at radius 3 is 3.08 bits per heavy atom. The van der Waals surface area contributed by atoms with Crippen molar-refractivity contribution in [2.45, 2.75) is 25.6 Å². The minimum absolute atomic E-state index is 0.209. The number of hydrogen-bond donors (Lipinski definition) is 2. The molecule has 4 rings (SSSR count). The molecule has 0 saturated carbocycles. The number of aromatic amines is 1. The minimum atomic E-state index is -3.16. The first kappa shape index (κ1) is 17.3. The van der Waals surface area contributed by atoms with Crippen LogP contribution in [-0.2, 0) is 23.1 Å². The summed E-state index contributed by atoms with van der Waals surface area (Å²) in [5.74, 6) is 0. The molecule has 1 aromatic carbocycles. The van der Waals surface area contributed by atoms with Crippen molar-refractivity contribution in [3.05, 3.63) is 54.2 Å². The molecule has 1 aliphatic rings. The van der Waals surface area contributed by atoms with E-state index in [4.69, 9.17) is 0 Å². The Morgan fingerprint density at radius 1 is 1.35 bits per heavy atom. The van der Waals surface area contributed by atoms with Crippen LogP contribution in [0.15, 0.2) is 43.0 Å². The molecule has 138 valence electrons. The lowest BCUT2D eigenvalue weighted by atomic mass is 10.1. The van der Waals surface area contributed by atoms with Gasteiger partial charge in [-0.15, -0.1) is 0 Å². The Hall–Kier alpha value is -2.16. The molecule has 7 nitrogen and oxygen atoms in total. The monoisotopic (exact) mass is 373 g/mol. The van der Waals surface area contributed by atoms with Gasteiger partial charge in [-0.05, 0) is 24.1 Å². The summed E-state index contributed by atoms with van der Waals surface area (Å²) in [4.78, 5) is 9.96. The van der Waals surface area contributed by atoms with Gasteiger partial charge in [0, 0.05) is 55.5 Å². The molecular weight excluding hydrogens is 350 g/mol. The summed E-state index contributed by atoms with van der Waals surface area (Å²) >= 11 is 0. The zero-order valence-corrected chi connectivity index (χ0v) is 15.5. The van der Waals surface area contributed by atoms with Gasteiger partial charge in [0.25, 0.3) is 0 Å². The van der Waals surface area contributed by atoms with Gasteiger partial charge in [-0.3, -0.25) is 4.90 Å². The predicted molar refractivity (Wildman–Crippen MR) is 101 cm³/mol. The van der Waals surface area contributed by atoms with E-state index in [1.807, 2.05) is 18.7 Å². The second-order valence-electron chi connectivity index (χ2n) is 6.93. The lowest BCUT2D eigenvalue weighted by Gasteiger charge is -2.34. The van der Waals surface area contributed by atoms with E-state index in [2.05, 4.69) is 48.4 Å². The molecule has 1 unspecified atom stereocenters. The lowest BCUT2D eigenvalue weighted by molar-refractivity contribution is 0.173. The Morgan fingerprint density at radius 2 is 2.23 bits per heavy atom. The van der Waals surface area contributed by atoms with Gasteiger partial charge in [0.05, 0.1) is 18.3 Å². The maximum absolute atomic E-state index is 11.3. The van der Waals surface area contributed by atoms with Crippen molar-refractivity contribution in [3.63, 3.8) is 0 Å². The number of nitrogens with zero attached hydrogens (tertiary/aromatic N) is 3. The van der Waals surface area contributed by atoms with E-state index in [1.54, 1.807) is 0 Å². The minimum Gasteiger partial charge on any atom is -0.361 e. The summed E-state index contributed by atoms with van der Waals surface area (Å²) in [5.41, 5.74) is 3.62. The third-order valence-electron chi connectivity index (χ3n) is 4.92. The van der Waals surface area contributed by atoms with Gasteiger partial charge >= 0.3 is 0 Å². The number of benzene rings is 1. The largest absolute Gasteiger partial charge is 0.361 e. The second-order valence-corrected chi connectivity index (χ2v) is 8.76. The number of imidazole rings is 1. The van der Waals surface area contributed by atoms with Gasteiger partial charge in [-0.25, -0.2) is 18.1 Å². The molecule has 8 heteroatoms. The van der Waals surface area contributed by atoms with Crippen LogP contribution in [0.5, 0.6) is 0 Å². The zero-order valence-electron chi connectivity index (χ0n) is 14.7. The van der Waals surface area contributed by atoms with Crippen molar-refractivity contribution < 1.29 is 8.42 Å². The van der Waals surface area contributed by atoms with E-state index in [0.29, 0.717) is 6.54 Å². The molecule has 1 atom stereocenters. The average molecular weight is 373 g/mol. The van der Waals surface area contributed by atoms with Crippen LogP contribution in [0.25, 0.3) is 10.9 Å². The van der Waals surface area contributed by atoms with Crippen LogP contribution in [0.3, 0.4) is 0 Å². The number of sulfonamides is 1. The number of hydrogen-bond acceptors (Lipinski definition) is 4. The SMILES string of the molecule is CS(=O)(=O)NCCC1CN(Cc2cccc3[nH]ccc23)Cc2cncn21. The molecule has 2 aromatic heterocycles. The molecule has 1 aliphatic heterocycles. The van der Waals surface area contributed by atoms with Crippen LogP contribution in [0.4, 0.5) is 0 Å². The highest BCUT2D eigenvalue weighted by atomic mass is 32.2. The van der Waals surface area contributed by atoms with E-state index in [1.165, 1.54) is 22.9 Å². The quantitative estimate of drug-likeness (QED) is 0.691. The Kier molecular flexibility index (Phi) is 4.56. The normalized spacial score (nSPS) is 18.3. The molecule has 0 saturated heterocycles. The Labute approximate surface area is 153 Å². The van der Waals surface area contributed by atoms with Crippen LogP contribution < -0.4 is 4.72 Å². The highest BCUT2D eigenvalue weighted by Gasteiger charge is 2.25. The molecule has 3 aromatic rings. The van der Waals surface area contributed by atoms with Gasteiger partial charge in [0.15, 0.2) is 0 Å². The standard InChI is InChI=1S/C18H23N5O2S/c1-26(24,25)21-8-5-15-11-22(12-16-9-19-13-23(15)16)10-14-3-2-4-18-17(14)6-7-20-18/h2-4,6-7,9,13,15,20-21H,5,8,10-12H2,1H3. The molecule has 0 bridgehead atoms. The first-order valence-electron chi connectivity index (χ1n) is 8.72. The maximum atomic E-state index is 11.3. The highest BCUT2D eigenvalue weighted by molar-refractivity contribution is 7.88. The van der Waals surface area contributed by atoms with Crippen molar-refractivity contribution >= 4 is 20.9 Å². The van der Waals surface area contributed by atoms with Crippen LogP contribution in [0, 0.1) is 0 Å². The first-order chi connectivity index (χ1) is 12.5. The fourth-order valence-corrected chi connectivity index (χ4v) is 4.24. The van der Waals surface area contributed by atoms with E-state index in [-0.39, 0.29) is 6.04 Å². The predicted octanol–water partition coefficient (Wildman–Crippen LogP) is 1.86. The number of H-pyrrole nitrogens is 1. The summed E-state index contributed by atoms with van der Waals surface area (Å²) < 4.78 is 27.4. The summed E-state index contributed by atoms with van der Waals surface area (Å²) in [5, 5.41) is 1.25. The third kappa shape index (κ3) is 3.67. The zero-order chi connectivity index (χ0) is 18.1. The van der Waals surface area contributed by atoms with Crippen molar-refractivity contribution in [2.75, 3.05) is 19.3 Å². The van der Waals surface area contributed by atoms with E-state index < -0.39 is 10.0 Å². The smallest absolute Gasteiger partial charge is 0.208 e. The van der Waals surface area contributed by atoms with Gasteiger partial charge in [-0.1, -0.05) is 12.1 Å². The van der Waals surface area contributed by atoms with Gasteiger partial charge in [-0.2, -0.15) is 0 Å². The number of rotatable bonds is 6. The number of fused-ring (bicyclic) bond motifs is 2. The fraction of sp³-hybridized carbons (Fsp3) is 0.389. The van der Waals surface area contributed by atoms with Crippen LogP contribution in [0.2, 0.25) is 0 Å². The summed E-state index contributed by atoms with van der Waals surface area (Å²) in [7, 11) is -3.16. The molecule has 0 amide bonds. The van der Waals surface area contributed by atoms with E-state index in [9.17, 15) is 8.42 Å². The van der Waals surface area contributed by atoms with Crippen LogP contribution in [0.1, 0.15) is 23.7 Å². The molecule has 0 aliphatic carbocycles. The molecule has 0 radical (unpaired) electrons. The molecule has 0 spiro atoms. The van der Waals surface area contributed by atoms with Crippen LogP contribution >= 0.6 is 0 Å². The van der Waals surface area contributed by atoms with E-state index in [0.717, 1.165) is 31.6 Å². The molecule has 0 fully saturated rings. The maximum Gasteiger partial charge on any atom is 0.208 e. The second kappa shape index (κ2) is 6.86.